The van der Waals surface area contributed by atoms with Crippen LogP contribution in [0.2, 0.25) is 5.02 Å². The van der Waals surface area contributed by atoms with Crippen molar-refractivity contribution in [2.75, 3.05) is 26.4 Å². The molecule has 2 aliphatic rings. The maximum atomic E-state index is 13.9. The second-order valence-electron chi connectivity index (χ2n) is 18.5. The Hall–Kier alpha value is -5.56. The van der Waals surface area contributed by atoms with Crippen molar-refractivity contribution in [2.24, 2.45) is 16.2 Å². The van der Waals surface area contributed by atoms with Crippen molar-refractivity contribution in [3.05, 3.63) is 94.0 Å². The first-order valence-electron chi connectivity index (χ1n) is 21.2. The fourth-order valence-corrected chi connectivity index (χ4v) is 8.97. The molecule has 330 valence electrons. The smallest absolute Gasteiger partial charge is 0.251 e. The van der Waals surface area contributed by atoms with E-state index in [-0.39, 0.29) is 53.3 Å². The molecule has 1 saturated carbocycles. The molecule has 3 atom stereocenters. The Morgan fingerprint density at radius 2 is 1.58 bits per heavy atom. The van der Waals surface area contributed by atoms with Gasteiger partial charge in [-0.3, -0.25) is 19.2 Å². The van der Waals surface area contributed by atoms with E-state index in [1.807, 2.05) is 52.0 Å². The fourth-order valence-electron chi connectivity index (χ4n) is 8.75. The van der Waals surface area contributed by atoms with E-state index >= 15 is 0 Å². The molecule has 12 nitrogen and oxygen atoms in total. The molecule has 4 amide bonds. The first-order valence-corrected chi connectivity index (χ1v) is 21.6. The summed E-state index contributed by atoms with van der Waals surface area (Å²) in [6.07, 6.45) is 7.79. The summed E-state index contributed by atoms with van der Waals surface area (Å²) in [5, 5.41) is 18.6. The molecular weight excluding hydrogens is 806 g/mol. The molecule has 1 aliphatic heterocycles. The number of terminal acetylenes is 1. The zero-order valence-corrected chi connectivity index (χ0v) is 37.9. The lowest BCUT2D eigenvalue weighted by atomic mass is 9.49. The van der Waals surface area contributed by atoms with Crippen molar-refractivity contribution in [2.45, 2.75) is 111 Å². The number of hydrogen-bond acceptors (Lipinski definition) is 8. The van der Waals surface area contributed by atoms with Gasteiger partial charge in [0.1, 0.15) is 42.4 Å². The normalized spacial score (nSPS) is 19.7. The van der Waals surface area contributed by atoms with Crippen LogP contribution in [0.25, 0.3) is 0 Å². The van der Waals surface area contributed by atoms with Crippen LogP contribution in [0.3, 0.4) is 0 Å². The predicted octanol–water partition coefficient (Wildman–Crippen LogP) is 7.38. The van der Waals surface area contributed by atoms with Crippen LogP contribution < -0.4 is 25.4 Å². The Morgan fingerprint density at radius 3 is 2.19 bits per heavy atom. The summed E-state index contributed by atoms with van der Waals surface area (Å²) in [5.41, 5.74) is 1.16. The average molecular weight is 866 g/mol. The molecule has 0 unspecified atom stereocenters. The maximum Gasteiger partial charge on any atom is 0.251 e. The number of likely N-dealkylation sites (tertiary alicyclic amines) is 1. The van der Waals surface area contributed by atoms with Crippen LogP contribution in [0.15, 0.2) is 66.7 Å². The molecule has 1 saturated heterocycles. The number of carbonyl (C=O) groups is 4. The standard InChI is InChI=1S/C49H60ClN5O7/c1-10-32-15-17-33(18-16-32)31(2)52-43(58)39-14-13-25-55(39)44(59)41(47(3,4)5)53-40(56)30-60-26-11-12-27-61-36-22-19-34(20-23-36)42(57)54-45-48(6,7)46(49(45,8)9)62-37-24-21-35(29-51)38(50)28-37/h1,15-24,28,31,39,41,45-46H,11-14,25-27,30H2,2-9H3,(H,52,58)(H,53,56)(H,54,57)/t31-,39-,41+,45?,46?/m0/s1. The number of nitrogens with zero attached hydrogens (tertiary/aromatic N) is 2. The second-order valence-corrected chi connectivity index (χ2v) is 18.9. The summed E-state index contributed by atoms with van der Waals surface area (Å²) in [7, 11) is 0. The molecule has 1 heterocycles. The molecule has 0 radical (unpaired) electrons. The fraction of sp³-hybridized carbons (Fsp3) is 0.490. The van der Waals surface area contributed by atoms with Crippen molar-refractivity contribution in [3.8, 4) is 29.9 Å². The first kappa shape index (κ1) is 47.5. The van der Waals surface area contributed by atoms with Gasteiger partial charge in [-0.15, -0.1) is 6.42 Å². The van der Waals surface area contributed by atoms with Gasteiger partial charge in [-0.05, 0) is 92.1 Å². The summed E-state index contributed by atoms with van der Waals surface area (Å²) in [4.78, 5) is 55.2. The lowest BCUT2D eigenvalue weighted by Crippen LogP contribution is -2.74. The number of ether oxygens (including phenoxy) is 3. The molecule has 13 heteroatoms. The second kappa shape index (κ2) is 20.1. The van der Waals surface area contributed by atoms with Crippen molar-refractivity contribution >= 4 is 35.2 Å². The van der Waals surface area contributed by atoms with Crippen LogP contribution in [0.4, 0.5) is 0 Å². The summed E-state index contributed by atoms with van der Waals surface area (Å²) in [6.45, 7) is 16.7. The number of nitrogens with one attached hydrogen (secondary N) is 3. The maximum absolute atomic E-state index is 13.9. The van der Waals surface area contributed by atoms with Gasteiger partial charge in [-0.1, -0.05) is 78.1 Å². The van der Waals surface area contributed by atoms with E-state index in [4.69, 9.17) is 32.2 Å². The average Bonchev–Trinajstić information content (AvgIpc) is 3.73. The van der Waals surface area contributed by atoms with Gasteiger partial charge in [0.25, 0.3) is 5.91 Å². The van der Waals surface area contributed by atoms with Crippen LogP contribution in [-0.4, -0.2) is 79.1 Å². The molecule has 0 aromatic heterocycles. The van der Waals surface area contributed by atoms with Crippen LogP contribution in [0.1, 0.15) is 114 Å². The Bertz CT molecular complexity index is 2150. The molecule has 3 aromatic rings. The summed E-state index contributed by atoms with van der Waals surface area (Å²) in [5.74, 6) is 2.66. The minimum atomic E-state index is -0.850. The van der Waals surface area contributed by atoms with E-state index in [0.717, 1.165) is 11.1 Å². The zero-order valence-electron chi connectivity index (χ0n) is 37.1. The SMILES string of the molecule is C#Cc1ccc([C@H](C)NC(=O)[C@@H]2CCCN2C(=O)[C@@H](NC(=O)COCCCCOc2ccc(C(=O)NC3C(C)(C)C(Oc4ccc(C#N)c(Cl)c4)C3(C)C)cc2)C(C)(C)C)cc1. The van der Waals surface area contributed by atoms with Crippen LogP contribution >= 0.6 is 11.6 Å². The van der Waals surface area contributed by atoms with Gasteiger partial charge in [0, 0.05) is 47.2 Å². The van der Waals surface area contributed by atoms with Gasteiger partial charge < -0.3 is 35.1 Å². The third-order valence-electron chi connectivity index (χ3n) is 11.9. The minimum Gasteiger partial charge on any atom is -0.494 e. The van der Waals surface area contributed by atoms with Crippen LogP contribution in [0, 0.1) is 39.9 Å². The van der Waals surface area contributed by atoms with Crippen LogP contribution in [-0.2, 0) is 19.1 Å². The third kappa shape index (κ3) is 11.3. The van der Waals surface area contributed by atoms with Gasteiger partial charge in [-0.25, -0.2) is 0 Å². The summed E-state index contributed by atoms with van der Waals surface area (Å²) < 4.78 is 17.9. The molecule has 0 bridgehead atoms. The third-order valence-corrected chi connectivity index (χ3v) is 12.2. The number of carbonyl (C=O) groups excluding carboxylic acids is 4. The lowest BCUT2D eigenvalue weighted by Gasteiger charge is -2.63. The van der Waals surface area contributed by atoms with Gasteiger partial charge in [0.05, 0.1) is 23.2 Å². The van der Waals surface area contributed by atoms with E-state index in [9.17, 15) is 24.4 Å². The number of hydrogen-bond donors (Lipinski definition) is 3. The topological polar surface area (TPSA) is 159 Å². The highest BCUT2D eigenvalue weighted by molar-refractivity contribution is 6.31. The zero-order chi connectivity index (χ0) is 45.4. The van der Waals surface area contributed by atoms with Crippen molar-refractivity contribution < 1.29 is 33.4 Å². The highest BCUT2D eigenvalue weighted by Gasteiger charge is 2.64. The minimum absolute atomic E-state index is 0.171. The number of benzene rings is 3. The first-order chi connectivity index (χ1) is 29.3. The molecule has 3 aromatic carbocycles. The van der Waals surface area contributed by atoms with E-state index in [2.05, 4.69) is 55.6 Å². The largest absolute Gasteiger partial charge is 0.494 e. The molecule has 1 aliphatic carbocycles. The predicted molar refractivity (Wildman–Crippen MR) is 238 cm³/mol. The summed E-state index contributed by atoms with van der Waals surface area (Å²) >= 11 is 6.23. The van der Waals surface area contributed by atoms with E-state index in [1.165, 1.54) is 0 Å². The Kier molecular flexibility index (Phi) is 15.4. The number of amides is 4. The van der Waals surface area contributed by atoms with Crippen molar-refractivity contribution in [1.29, 1.82) is 5.26 Å². The number of nitriles is 1. The highest BCUT2D eigenvalue weighted by atomic mass is 35.5. The van der Waals surface area contributed by atoms with E-state index in [0.29, 0.717) is 73.1 Å². The van der Waals surface area contributed by atoms with Crippen molar-refractivity contribution in [1.82, 2.24) is 20.9 Å². The molecule has 3 N–H and O–H groups in total. The number of rotatable bonds is 17. The Labute approximate surface area is 371 Å². The molecule has 5 rings (SSSR count). The van der Waals surface area contributed by atoms with E-state index < -0.39 is 23.4 Å². The quantitative estimate of drug-likeness (QED) is 0.0937. The molecule has 2 fully saturated rings. The van der Waals surface area contributed by atoms with Crippen molar-refractivity contribution in [3.63, 3.8) is 0 Å². The highest BCUT2D eigenvalue weighted by Crippen LogP contribution is 2.55. The van der Waals surface area contributed by atoms with Gasteiger partial charge in [0.15, 0.2) is 0 Å². The van der Waals surface area contributed by atoms with Gasteiger partial charge >= 0.3 is 0 Å². The van der Waals surface area contributed by atoms with Crippen LogP contribution in [0.5, 0.6) is 11.5 Å². The molecule has 0 spiro atoms. The number of halogens is 1. The Balaban J connectivity index is 1.01. The van der Waals surface area contributed by atoms with E-state index in [1.54, 1.807) is 47.4 Å². The monoisotopic (exact) mass is 865 g/mol. The molecular formula is C49H60ClN5O7. The molecule has 62 heavy (non-hydrogen) atoms. The van der Waals surface area contributed by atoms with Gasteiger partial charge in [-0.2, -0.15) is 5.26 Å². The Morgan fingerprint density at radius 1 is 0.935 bits per heavy atom. The number of unbranched alkanes of at least 4 members (excludes halogenated alkanes) is 1. The van der Waals surface area contributed by atoms with Gasteiger partial charge in [0.2, 0.25) is 17.7 Å². The lowest BCUT2D eigenvalue weighted by molar-refractivity contribution is -0.164. The summed E-state index contributed by atoms with van der Waals surface area (Å²) in [6, 6.07) is 19.5.